The maximum atomic E-state index is 13.0. The molecule has 0 atom stereocenters. The lowest BCUT2D eigenvalue weighted by Gasteiger charge is -2.30. The number of ether oxygens (including phenoxy) is 1. The number of amides is 1. The fourth-order valence-electron chi connectivity index (χ4n) is 3.68. The van der Waals surface area contributed by atoms with Crippen LogP contribution in [0.1, 0.15) is 50.7 Å². The van der Waals surface area contributed by atoms with Crippen LogP contribution in [-0.4, -0.2) is 43.3 Å². The van der Waals surface area contributed by atoms with Gasteiger partial charge in [-0.3, -0.25) is 4.79 Å². The van der Waals surface area contributed by atoms with Gasteiger partial charge in [-0.1, -0.05) is 32.0 Å². The number of carbonyl (C=O) groups is 1. The van der Waals surface area contributed by atoms with Crippen LogP contribution in [0.15, 0.2) is 47.5 Å². The van der Waals surface area contributed by atoms with Crippen molar-refractivity contribution in [1.82, 2.24) is 14.6 Å². The number of carbonyl (C=O) groups excluding carboxylic acids is 1. The zero-order valence-electron chi connectivity index (χ0n) is 18.4. The summed E-state index contributed by atoms with van der Waals surface area (Å²) in [7, 11) is -3.54. The summed E-state index contributed by atoms with van der Waals surface area (Å²) in [6.07, 6.45) is 2.66. The second-order valence-electron chi connectivity index (χ2n) is 8.02. The molecule has 0 spiro atoms. The Morgan fingerprint density at radius 3 is 2.48 bits per heavy atom. The molecule has 1 saturated heterocycles. The summed E-state index contributed by atoms with van der Waals surface area (Å²) in [4.78, 5) is 17.1. The van der Waals surface area contributed by atoms with Crippen LogP contribution >= 0.6 is 0 Å². The minimum absolute atomic E-state index is 0.0652. The number of hydrogen-bond acceptors (Lipinski definition) is 5. The van der Waals surface area contributed by atoms with E-state index in [2.05, 4.69) is 24.1 Å². The van der Waals surface area contributed by atoms with E-state index in [1.807, 2.05) is 25.1 Å². The van der Waals surface area contributed by atoms with E-state index in [1.165, 1.54) is 4.31 Å². The van der Waals surface area contributed by atoms with Crippen molar-refractivity contribution < 1.29 is 17.9 Å². The number of nitrogens with one attached hydrogen (secondary N) is 1. The van der Waals surface area contributed by atoms with Gasteiger partial charge in [-0.2, -0.15) is 4.31 Å². The summed E-state index contributed by atoms with van der Waals surface area (Å²) in [6.45, 7) is 7.55. The minimum Gasteiger partial charge on any atom is -0.478 e. The van der Waals surface area contributed by atoms with E-state index in [1.54, 1.807) is 24.4 Å². The van der Waals surface area contributed by atoms with E-state index < -0.39 is 10.0 Å². The van der Waals surface area contributed by atoms with Crippen molar-refractivity contribution in [3.05, 3.63) is 53.7 Å². The average Bonchev–Trinajstić information content (AvgIpc) is 2.78. The molecule has 168 valence electrons. The Morgan fingerprint density at radius 1 is 1.19 bits per heavy atom. The average molecular weight is 446 g/mol. The van der Waals surface area contributed by atoms with Gasteiger partial charge in [0.15, 0.2) is 0 Å². The smallest absolute Gasteiger partial charge is 0.243 e. The van der Waals surface area contributed by atoms with Gasteiger partial charge >= 0.3 is 0 Å². The van der Waals surface area contributed by atoms with Crippen LogP contribution in [0.3, 0.4) is 0 Å². The Labute approximate surface area is 184 Å². The third-order valence-electron chi connectivity index (χ3n) is 5.59. The molecule has 1 aliphatic rings. The molecule has 1 amide bonds. The van der Waals surface area contributed by atoms with Crippen molar-refractivity contribution >= 4 is 15.9 Å². The van der Waals surface area contributed by atoms with Crippen LogP contribution in [-0.2, 0) is 21.4 Å². The van der Waals surface area contributed by atoms with E-state index in [-0.39, 0.29) is 11.8 Å². The second-order valence-corrected chi connectivity index (χ2v) is 9.96. The predicted molar refractivity (Wildman–Crippen MR) is 119 cm³/mol. The molecule has 0 radical (unpaired) electrons. The van der Waals surface area contributed by atoms with Crippen LogP contribution in [0.5, 0.6) is 5.88 Å². The third kappa shape index (κ3) is 5.62. The Morgan fingerprint density at radius 2 is 1.87 bits per heavy atom. The third-order valence-corrected chi connectivity index (χ3v) is 7.51. The van der Waals surface area contributed by atoms with Crippen LogP contribution in [0.2, 0.25) is 0 Å². The maximum absolute atomic E-state index is 13.0. The van der Waals surface area contributed by atoms with Crippen molar-refractivity contribution in [3.8, 4) is 5.88 Å². The highest BCUT2D eigenvalue weighted by molar-refractivity contribution is 7.89. The topological polar surface area (TPSA) is 88.6 Å². The predicted octanol–water partition coefficient (Wildman–Crippen LogP) is 3.32. The van der Waals surface area contributed by atoms with Crippen molar-refractivity contribution in [2.45, 2.75) is 51.0 Å². The van der Waals surface area contributed by atoms with E-state index in [9.17, 15) is 13.2 Å². The molecular weight excluding hydrogens is 414 g/mol. The van der Waals surface area contributed by atoms with E-state index in [0.29, 0.717) is 55.8 Å². The normalized spacial score (nSPS) is 15.7. The summed E-state index contributed by atoms with van der Waals surface area (Å²) < 4.78 is 32.9. The number of pyridine rings is 1. The highest BCUT2D eigenvalue weighted by Crippen LogP contribution is 2.25. The van der Waals surface area contributed by atoms with Gasteiger partial charge < -0.3 is 10.1 Å². The minimum atomic E-state index is -3.54. The molecule has 31 heavy (non-hydrogen) atoms. The van der Waals surface area contributed by atoms with Crippen LogP contribution in [0.25, 0.3) is 0 Å². The molecule has 0 saturated carbocycles. The van der Waals surface area contributed by atoms with Crippen LogP contribution in [0.4, 0.5) is 0 Å². The van der Waals surface area contributed by atoms with Crippen molar-refractivity contribution in [1.29, 1.82) is 0 Å². The molecule has 2 aromatic rings. The highest BCUT2D eigenvalue weighted by Gasteiger charge is 2.32. The number of hydrogen-bond donors (Lipinski definition) is 1. The summed E-state index contributed by atoms with van der Waals surface area (Å²) >= 11 is 0. The molecule has 8 heteroatoms. The van der Waals surface area contributed by atoms with Crippen LogP contribution < -0.4 is 10.1 Å². The second kappa shape index (κ2) is 10.2. The van der Waals surface area contributed by atoms with Gasteiger partial charge in [0.05, 0.1) is 11.5 Å². The first-order valence-corrected chi connectivity index (χ1v) is 12.2. The zero-order chi connectivity index (χ0) is 22.4. The molecule has 0 unspecified atom stereocenters. The molecule has 1 aliphatic heterocycles. The molecule has 1 aromatic heterocycles. The Balaban J connectivity index is 1.55. The van der Waals surface area contributed by atoms with Gasteiger partial charge in [-0.05, 0) is 49.4 Å². The first kappa shape index (κ1) is 23.2. The summed E-state index contributed by atoms with van der Waals surface area (Å²) in [5.74, 6) is 0.601. The number of piperidine rings is 1. The van der Waals surface area contributed by atoms with Crippen LogP contribution in [0, 0.1) is 5.92 Å². The first-order valence-electron chi connectivity index (χ1n) is 10.8. The summed E-state index contributed by atoms with van der Waals surface area (Å²) in [5.41, 5.74) is 1.93. The van der Waals surface area contributed by atoms with Crippen molar-refractivity contribution in [3.63, 3.8) is 0 Å². The van der Waals surface area contributed by atoms with Gasteiger partial charge in [-0.25, -0.2) is 13.4 Å². The zero-order valence-corrected chi connectivity index (χ0v) is 19.2. The first-order chi connectivity index (χ1) is 14.8. The standard InChI is InChI=1S/C23H31N3O4S/c1-4-30-23-20(6-5-13-24-23)16-25-22(27)19-11-14-26(15-12-19)31(28,29)21-9-7-18(8-10-21)17(2)3/h5-10,13,17,19H,4,11-12,14-16H2,1-3H3,(H,25,27). The molecule has 2 heterocycles. The fourth-order valence-corrected chi connectivity index (χ4v) is 5.15. The monoisotopic (exact) mass is 445 g/mol. The largest absolute Gasteiger partial charge is 0.478 e. The number of benzene rings is 1. The van der Waals surface area contributed by atoms with Gasteiger partial charge in [-0.15, -0.1) is 0 Å². The van der Waals surface area contributed by atoms with Crippen molar-refractivity contribution in [2.24, 2.45) is 5.92 Å². The number of nitrogens with zero attached hydrogens (tertiary/aromatic N) is 2. The SMILES string of the molecule is CCOc1ncccc1CNC(=O)C1CCN(S(=O)(=O)c2ccc(C(C)C)cc2)CC1. The maximum Gasteiger partial charge on any atom is 0.243 e. The summed E-state index contributed by atoms with van der Waals surface area (Å²) in [5, 5.41) is 2.94. The molecule has 1 aromatic carbocycles. The number of rotatable bonds is 8. The quantitative estimate of drug-likeness (QED) is 0.673. The fraction of sp³-hybridized carbons (Fsp3) is 0.478. The van der Waals surface area contributed by atoms with E-state index in [4.69, 9.17) is 4.74 Å². The molecule has 0 aliphatic carbocycles. The number of sulfonamides is 1. The molecule has 0 bridgehead atoms. The summed E-state index contributed by atoms with van der Waals surface area (Å²) in [6, 6.07) is 10.8. The Bertz CT molecular complexity index is 982. The van der Waals surface area contributed by atoms with E-state index >= 15 is 0 Å². The Hall–Kier alpha value is -2.45. The van der Waals surface area contributed by atoms with Crippen molar-refractivity contribution in [2.75, 3.05) is 19.7 Å². The lowest BCUT2D eigenvalue weighted by molar-refractivity contribution is -0.126. The number of aromatic nitrogens is 1. The molecule has 1 fully saturated rings. The van der Waals surface area contributed by atoms with Gasteiger partial charge in [0.25, 0.3) is 0 Å². The molecule has 3 rings (SSSR count). The lowest BCUT2D eigenvalue weighted by Crippen LogP contribution is -2.42. The molecular formula is C23H31N3O4S. The Kier molecular flexibility index (Phi) is 7.67. The molecule has 7 nitrogen and oxygen atoms in total. The lowest BCUT2D eigenvalue weighted by atomic mass is 9.97. The highest BCUT2D eigenvalue weighted by atomic mass is 32.2. The van der Waals surface area contributed by atoms with E-state index in [0.717, 1.165) is 11.1 Å². The van der Waals surface area contributed by atoms with Gasteiger partial charge in [0, 0.05) is 37.3 Å². The van der Waals surface area contributed by atoms with Gasteiger partial charge in [0.2, 0.25) is 21.8 Å². The molecule has 1 N–H and O–H groups in total. The van der Waals surface area contributed by atoms with Gasteiger partial charge in [0.1, 0.15) is 0 Å².